The van der Waals surface area contributed by atoms with E-state index in [2.05, 4.69) is 22.3 Å². The van der Waals surface area contributed by atoms with Crippen molar-refractivity contribution in [2.45, 2.75) is 50.4 Å². The van der Waals surface area contributed by atoms with Crippen molar-refractivity contribution in [3.8, 4) is 11.5 Å². The Balaban J connectivity index is 1.24. The number of likely N-dealkylation sites (tertiary alicyclic amines) is 1. The number of pyridine rings is 1. The smallest absolute Gasteiger partial charge is 0.328 e. The maximum Gasteiger partial charge on any atom is 0.328 e. The number of hydrogen-bond donors (Lipinski definition) is 2. The number of methoxy groups -OCH3 is 2. The maximum absolute atomic E-state index is 13.8. The number of carbonyl (C=O) groups excluding carboxylic acids is 2. The lowest BCUT2D eigenvalue weighted by atomic mass is 9.85. The van der Waals surface area contributed by atoms with E-state index in [9.17, 15) is 19.9 Å². The SMILES string of the molecule is COc1ccc([C@H](Cc2c(Cl)c[n+](O)cc2Cl)c2cc(CNC(C(=O)OC3CCN(Cc4ccccc4)CC3)c3ccccc3)sc2C(=O)[O-])cc1OC. The van der Waals surface area contributed by atoms with Crippen LogP contribution in [0.1, 0.15) is 67.2 Å². The summed E-state index contributed by atoms with van der Waals surface area (Å²) < 4.78 is 17.9. The standard InChI is InChI=1S/C41H41Cl2N3O7S/c1-51-36-14-13-28(19-37(36)52-2)31(21-33-34(42)24-46(50)25-35(33)43)32-20-30(54-39(32)40(47)48)22-44-38(27-11-7-4-8-12-27)41(49)53-29-15-17-45(18-16-29)23-26-9-5-3-6-10-26/h3-14,19-20,24-25,29,31,38,44H,15-18,21-23H2,1-2H3,(H-,47,48,50)/t31-,38?/m0/s1. The van der Waals surface area contributed by atoms with Crippen LogP contribution in [0.3, 0.4) is 0 Å². The highest BCUT2D eigenvalue weighted by Crippen LogP contribution is 2.41. The molecule has 1 unspecified atom stereocenters. The van der Waals surface area contributed by atoms with Gasteiger partial charge >= 0.3 is 5.97 Å². The minimum Gasteiger partial charge on any atom is -0.544 e. The van der Waals surface area contributed by atoms with Crippen molar-refractivity contribution >= 4 is 46.5 Å². The molecule has 1 saturated heterocycles. The van der Waals surface area contributed by atoms with E-state index in [1.165, 1.54) is 32.2 Å². The quantitative estimate of drug-likeness (QED) is 0.0708. The Morgan fingerprint density at radius 2 is 1.57 bits per heavy atom. The van der Waals surface area contributed by atoms with Crippen LogP contribution in [0.4, 0.5) is 0 Å². The maximum atomic E-state index is 13.8. The largest absolute Gasteiger partial charge is 0.544 e. The molecule has 1 aliphatic rings. The minimum absolute atomic E-state index is 0.0214. The summed E-state index contributed by atoms with van der Waals surface area (Å²) in [6.07, 6.45) is 4.06. The van der Waals surface area contributed by atoms with Crippen LogP contribution in [0, 0.1) is 0 Å². The Morgan fingerprint density at radius 3 is 2.20 bits per heavy atom. The Bertz CT molecular complexity index is 2030. The number of nitrogens with zero attached hydrogens (tertiary/aromatic N) is 2. The van der Waals surface area contributed by atoms with Gasteiger partial charge in [-0.15, -0.1) is 11.3 Å². The van der Waals surface area contributed by atoms with Crippen LogP contribution in [-0.2, 0) is 29.0 Å². The first-order chi connectivity index (χ1) is 26.1. The summed E-state index contributed by atoms with van der Waals surface area (Å²) in [5.41, 5.74) is 3.68. The molecule has 3 heterocycles. The van der Waals surface area contributed by atoms with Crippen LogP contribution in [-0.4, -0.2) is 55.5 Å². The normalized spacial score (nSPS) is 14.7. The predicted molar refractivity (Wildman–Crippen MR) is 204 cm³/mol. The van der Waals surface area contributed by atoms with Crippen LogP contribution in [0.5, 0.6) is 11.5 Å². The average Bonchev–Trinajstić information content (AvgIpc) is 3.60. The molecule has 0 aliphatic carbocycles. The first-order valence-electron chi connectivity index (χ1n) is 17.5. The number of rotatable bonds is 15. The fourth-order valence-corrected chi connectivity index (χ4v) is 8.44. The molecule has 0 radical (unpaired) electrons. The molecule has 0 amide bonds. The van der Waals surface area contributed by atoms with Gasteiger partial charge < -0.3 is 24.1 Å². The second-order valence-electron chi connectivity index (χ2n) is 13.1. The molecule has 6 rings (SSSR count). The number of ether oxygens (including phenoxy) is 3. The summed E-state index contributed by atoms with van der Waals surface area (Å²) in [6.45, 7) is 2.67. The summed E-state index contributed by atoms with van der Waals surface area (Å²) in [7, 11) is 3.05. The molecule has 13 heteroatoms. The van der Waals surface area contributed by atoms with Gasteiger partial charge in [-0.05, 0) is 59.7 Å². The number of carboxylic acid groups (broad SMARTS) is 1. The number of nitrogens with one attached hydrogen (secondary N) is 1. The van der Waals surface area contributed by atoms with Gasteiger partial charge in [-0.3, -0.25) is 15.4 Å². The van der Waals surface area contributed by atoms with Crippen molar-refractivity contribution in [2.24, 2.45) is 0 Å². The van der Waals surface area contributed by atoms with Gasteiger partial charge in [0, 0.05) is 47.3 Å². The zero-order valence-corrected chi connectivity index (χ0v) is 32.2. The van der Waals surface area contributed by atoms with E-state index in [0.717, 1.165) is 54.1 Å². The number of aromatic nitrogens is 1. The summed E-state index contributed by atoms with van der Waals surface area (Å²) in [5, 5.41) is 26.5. The Kier molecular flexibility index (Phi) is 13.1. The van der Waals surface area contributed by atoms with Crippen molar-refractivity contribution < 1.29 is 38.8 Å². The number of esters is 1. The fourth-order valence-electron chi connectivity index (χ4n) is 6.82. The van der Waals surface area contributed by atoms with Crippen molar-refractivity contribution in [2.75, 3.05) is 27.3 Å². The van der Waals surface area contributed by atoms with Gasteiger partial charge in [-0.1, -0.05) is 89.9 Å². The third-order valence-corrected chi connectivity index (χ3v) is 11.4. The Morgan fingerprint density at radius 1 is 0.926 bits per heavy atom. The third-order valence-electron chi connectivity index (χ3n) is 9.57. The summed E-state index contributed by atoms with van der Waals surface area (Å²) in [6, 6.07) is 26.0. The molecule has 0 spiro atoms. The van der Waals surface area contributed by atoms with Gasteiger partial charge in [0.1, 0.15) is 22.2 Å². The molecule has 3 aromatic carbocycles. The van der Waals surface area contributed by atoms with Gasteiger partial charge in [0.15, 0.2) is 11.5 Å². The lowest BCUT2D eigenvalue weighted by Crippen LogP contribution is -2.39. The van der Waals surface area contributed by atoms with E-state index >= 15 is 0 Å². The number of carboxylic acids is 1. The van der Waals surface area contributed by atoms with Gasteiger partial charge in [0.25, 0.3) is 0 Å². The van der Waals surface area contributed by atoms with Crippen LogP contribution in [0.2, 0.25) is 10.0 Å². The molecule has 1 fully saturated rings. The van der Waals surface area contributed by atoms with E-state index in [-0.39, 0.29) is 34.0 Å². The lowest BCUT2D eigenvalue weighted by molar-refractivity contribution is -0.904. The first-order valence-corrected chi connectivity index (χ1v) is 19.1. The fraction of sp³-hybridized carbons (Fsp3) is 0.293. The van der Waals surface area contributed by atoms with E-state index in [1.807, 2.05) is 54.6 Å². The zero-order chi connectivity index (χ0) is 38.2. The molecule has 2 N–H and O–H groups in total. The second kappa shape index (κ2) is 18.1. The zero-order valence-electron chi connectivity index (χ0n) is 29.9. The van der Waals surface area contributed by atoms with E-state index in [4.69, 9.17) is 37.4 Å². The third kappa shape index (κ3) is 9.52. The summed E-state index contributed by atoms with van der Waals surface area (Å²) in [5.74, 6) is -1.37. The van der Waals surface area contributed by atoms with Crippen LogP contribution in [0.25, 0.3) is 0 Å². The molecule has 54 heavy (non-hydrogen) atoms. The number of piperidine rings is 1. The highest BCUT2D eigenvalue weighted by atomic mass is 35.5. The second-order valence-corrected chi connectivity index (χ2v) is 15.0. The van der Waals surface area contributed by atoms with Crippen molar-refractivity contribution in [3.63, 3.8) is 0 Å². The topological polar surface area (TPSA) is 124 Å². The van der Waals surface area contributed by atoms with Crippen molar-refractivity contribution in [1.29, 1.82) is 0 Å². The highest BCUT2D eigenvalue weighted by Gasteiger charge is 2.30. The van der Waals surface area contributed by atoms with Crippen molar-refractivity contribution in [3.05, 3.63) is 145 Å². The highest BCUT2D eigenvalue weighted by molar-refractivity contribution is 7.14. The van der Waals surface area contributed by atoms with E-state index in [0.29, 0.717) is 33.1 Å². The Labute approximate surface area is 328 Å². The molecule has 0 bridgehead atoms. The first kappa shape index (κ1) is 39.1. The minimum atomic E-state index is -1.34. The predicted octanol–water partition coefficient (Wildman–Crippen LogP) is 6.37. The number of halogens is 2. The molecule has 5 aromatic rings. The number of thiophene rings is 1. The molecular formula is C41H41Cl2N3O7S. The number of benzene rings is 3. The van der Waals surface area contributed by atoms with Gasteiger partial charge in [-0.2, -0.15) is 0 Å². The molecule has 282 valence electrons. The molecule has 0 saturated carbocycles. The van der Waals surface area contributed by atoms with E-state index < -0.39 is 23.9 Å². The molecule has 2 atom stereocenters. The number of aromatic carboxylic acids is 1. The molecule has 1 aliphatic heterocycles. The molecular weight excluding hydrogens is 749 g/mol. The van der Waals surface area contributed by atoms with Gasteiger partial charge in [0.05, 0.1) is 25.1 Å². The summed E-state index contributed by atoms with van der Waals surface area (Å²) in [4.78, 5) is 29.6. The number of carbonyl (C=O) groups is 2. The summed E-state index contributed by atoms with van der Waals surface area (Å²) >= 11 is 14.2. The van der Waals surface area contributed by atoms with Gasteiger partial charge in [0.2, 0.25) is 12.4 Å². The van der Waals surface area contributed by atoms with Crippen LogP contribution >= 0.6 is 34.5 Å². The average molecular weight is 791 g/mol. The Hall–Kier alpha value is -4.65. The van der Waals surface area contributed by atoms with Crippen molar-refractivity contribution in [1.82, 2.24) is 10.2 Å². The van der Waals surface area contributed by atoms with Crippen LogP contribution in [0.15, 0.2) is 97.3 Å². The molecule has 2 aromatic heterocycles. The molecule has 10 nitrogen and oxygen atoms in total. The monoisotopic (exact) mass is 789 g/mol. The van der Waals surface area contributed by atoms with E-state index in [1.54, 1.807) is 18.2 Å². The van der Waals surface area contributed by atoms with Gasteiger partial charge in [-0.25, -0.2) is 4.79 Å². The number of hydrogen-bond acceptors (Lipinski definition) is 10. The van der Waals surface area contributed by atoms with Crippen LogP contribution < -0.4 is 24.6 Å². The lowest BCUT2D eigenvalue weighted by Gasteiger charge is -2.32.